The zero-order valence-electron chi connectivity index (χ0n) is 28.3. The van der Waals surface area contributed by atoms with Gasteiger partial charge in [-0.3, -0.25) is 4.79 Å². The SMILES string of the molecule is C=C/C=C(\C=C)c1ccc(C(F)(F)C(NSc2ccc(OCC3CCCCC3)cc2)C(=O)N2CCC(NC(=O)OC(C)(C)C)CC2)cc1. The van der Waals surface area contributed by atoms with Gasteiger partial charge < -0.3 is 19.7 Å². The van der Waals surface area contributed by atoms with Crippen LogP contribution in [0.3, 0.4) is 0 Å². The number of ether oxygens (including phenoxy) is 2. The highest BCUT2D eigenvalue weighted by Crippen LogP contribution is 2.36. The molecule has 0 bridgehead atoms. The predicted octanol–water partition coefficient (Wildman–Crippen LogP) is 8.67. The summed E-state index contributed by atoms with van der Waals surface area (Å²) in [4.78, 5) is 28.2. The van der Waals surface area contributed by atoms with Crippen LogP contribution in [0.2, 0.25) is 0 Å². The molecule has 48 heavy (non-hydrogen) atoms. The molecule has 2 aromatic carbocycles. The van der Waals surface area contributed by atoms with Crippen LogP contribution in [0.25, 0.3) is 5.57 Å². The van der Waals surface area contributed by atoms with Crippen LogP contribution in [0.5, 0.6) is 5.75 Å². The lowest BCUT2D eigenvalue weighted by molar-refractivity contribution is -0.145. The van der Waals surface area contributed by atoms with Gasteiger partial charge in [0.05, 0.1) is 6.61 Å². The number of halogens is 2. The number of amides is 2. The topological polar surface area (TPSA) is 79.9 Å². The lowest BCUT2D eigenvalue weighted by Crippen LogP contribution is -2.56. The van der Waals surface area contributed by atoms with E-state index in [1.54, 1.807) is 63.3 Å². The molecular weight excluding hydrogens is 632 g/mol. The maximum absolute atomic E-state index is 16.4. The van der Waals surface area contributed by atoms with Crippen LogP contribution in [0.1, 0.15) is 76.8 Å². The first-order valence-electron chi connectivity index (χ1n) is 16.8. The molecule has 1 saturated carbocycles. The largest absolute Gasteiger partial charge is 0.493 e. The third-order valence-corrected chi connectivity index (χ3v) is 9.45. The fraction of sp³-hybridized carbons (Fsp3) is 0.474. The molecule has 2 aliphatic rings. The summed E-state index contributed by atoms with van der Waals surface area (Å²) in [6.45, 7) is 14.0. The minimum Gasteiger partial charge on any atom is -0.493 e. The van der Waals surface area contributed by atoms with Crippen LogP contribution in [0, 0.1) is 5.92 Å². The fourth-order valence-electron chi connectivity index (χ4n) is 5.94. The number of allylic oxidation sites excluding steroid dienone is 4. The zero-order chi connectivity index (χ0) is 34.7. The summed E-state index contributed by atoms with van der Waals surface area (Å²) in [5, 5.41) is 2.83. The van der Waals surface area contributed by atoms with Gasteiger partial charge in [-0.05, 0) is 99.7 Å². The number of nitrogens with one attached hydrogen (secondary N) is 2. The van der Waals surface area contributed by atoms with Crippen molar-refractivity contribution in [1.82, 2.24) is 14.9 Å². The van der Waals surface area contributed by atoms with Gasteiger partial charge in [0.1, 0.15) is 11.4 Å². The lowest BCUT2D eigenvalue weighted by atomic mass is 9.90. The molecule has 0 spiro atoms. The molecule has 1 atom stereocenters. The summed E-state index contributed by atoms with van der Waals surface area (Å²) in [7, 11) is 0. The van der Waals surface area contributed by atoms with Crippen molar-refractivity contribution in [2.24, 2.45) is 5.92 Å². The molecule has 2 aromatic rings. The molecule has 4 rings (SSSR count). The monoisotopic (exact) mass is 681 g/mol. The molecule has 7 nitrogen and oxygen atoms in total. The summed E-state index contributed by atoms with van der Waals surface area (Å²) in [6, 6.07) is 11.1. The van der Waals surface area contributed by atoms with Crippen molar-refractivity contribution in [3.63, 3.8) is 0 Å². The highest BCUT2D eigenvalue weighted by atomic mass is 32.2. The van der Waals surface area contributed by atoms with Gasteiger partial charge in [-0.25, -0.2) is 9.52 Å². The maximum Gasteiger partial charge on any atom is 0.407 e. The van der Waals surface area contributed by atoms with Gasteiger partial charge in [0, 0.05) is 29.6 Å². The lowest BCUT2D eigenvalue weighted by Gasteiger charge is -2.36. The Labute approximate surface area is 288 Å². The molecule has 1 heterocycles. The quantitative estimate of drug-likeness (QED) is 0.163. The molecular formula is C38H49F2N3O4S. The van der Waals surface area contributed by atoms with Crippen LogP contribution in [0.15, 0.2) is 84.8 Å². The standard InChI is InChI=1S/C38H49F2N3O4S/c1-6-11-28(7-2)29-14-16-30(17-15-29)38(39,40)34(35(44)43-24-22-31(23-25-43)41-36(45)47-37(3,4)5)42-48-33-20-18-32(19-21-33)46-26-27-12-9-8-10-13-27/h6-7,11,14-21,27,31,34,42H,1-2,8-10,12-13,22-26H2,3-5H3,(H,41,45)/b28-11+. The van der Waals surface area contributed by atoms with Gasteiger partial charge in [0.25, 0.3) is 5.92 Å². The van der Waals surface area contributed by atoms with Gasteiger partial charge in [0.15, 0.2) is 6.04 Å². The van der Waals surface area contributed by atoms with E-state index in [4.69, 9.17) is 9.47 Å². The highest BCUT2D eigenvalue weighted by molar-refractivity contribution is 7.97. The molecule has 1 aliphatic heterocycles. The second-order valence-electron chi connectivity index (χ2n) is 13.4. The normalized spacial score (nSPS) is 17.4. The Morgan fingerprint density at radius 1 is 0.979 bits per heavy atom. The Bertz CT molecular complexity index is 1410. The third kappa shape index (κ3) is 10.7. The third-order valence-electron chi connectivity index (χ3n) is 8.59. The Balaban J connectivity index is 1.46. The number of piperidine rings is 1. The van der Waals surface area contributed by atoms with Crippen LogP contribution in [-0.4, -0.2) is 54.3 Å². The van der Waals surface area contributed by atoms with E-state index in [1.807, 2.05) is 12.1 Å². The summed E-state index contributed by atoms with van der Waals surface area (Å²) < 4.78 is 46.9. The number of likely N-dealkylation sites (tertiary alicyclic amines) is 1. The average Bonchev–Trinajstić information content (AvgIpc) is 3.06. The van der Waals surface area contributed by atoms with E-state index in [2.05, 4.69) is 23.2 Å². The highest BCUT2D eigenvalue weighted by Gasteiger charge is 2.48. The molecule has 1 aliphatic carbocycles. The number of nitrogens with zero attached hydrogens (tertiary/aromatic N) is 1. The van der Waals surface area contributed by atoms with Crippen molar-refractivity contribution in [3.05, 3.63) is 91.0 Å². The number of alkyl carbamates (subject to hydrolysis) is 1. The molecule has 260 valence electrons. The number of benzene rings is 2. The average molecular weight is 682 g/mol. The molecule has 2 amide bonds. The molecule has 2 N–H and O–H groups in total. The number of alkyl halides is 2. The van der Waals surface area contributed by atoms with E-state index < -0.39 is 29.6 Å². The number of rotatable bonds is 13. The van der Waals surface area contributed by atoms with Crippen molar-refractivity contribution in [3.8, 4) is 5.75 Å². The summed E-state index contributed by atoms with van der Waals surface area (Å²) in [6.07, 6.45) is 11.4. The van der Waals surface area contributed by atoms with E-state index in [1.165, 1.54) is 49.1 Å². The molecule has 0 aromatic heterocycles. The molecule has 0 radical (unpaired) electrons. The Morgan fingerprint density at radius 3 is 2.21 bits per heavy atom. The Kier molecular flexibility index (Phi) is 13.3. The first-order valence-corrected chi connectivity index (χ1v) is 17.6. The van der Waals surface area contributed by atoms with Crippen molar-refractivity contribution in [2.45, 2.75) is 94.2 Å². The van der Waals surface area contributed by atoms with Crippen molar-refractivity contribution in [2.75, 3.05) is 19.7 Å². The van der Waals surface area contributed by atoms with Crippen molar-refractivity contribution < 1.29 is 27.8 Å². The summed E-state index contributed by atoms with van der Waals surface area (Å²) >= 11 is 0.990. The second kappa shape index (κ2) is 17.2. The van der Waals surface area contributed by atoms with E-state index in [0.29, 0.717) is 35.8 Å². The minimum atomic E-state index is -3.55. The van der Waals surface area contributed by atoms with Gasteiger partial charge in [-0.15, -0.1) is 0 Å². The van der Waals surface area contributed by atoms with Crippen molar-refractivity contribution in [1.29, 1.82) is 0 Å². The summed E-state index contributed by atoms with van der Waals surface area (Å²) in [5.41, 5.74) is 0.529. The number of hydrogen-bond acceptors (Lipinski definition) is 6. The van der Waals surface area contributed by atoms with E-state index in [9.17, 15) is 9.59 Å². The number of hydrogen-bond donors (Lipinski definition) is 2. The zero-order valence-corrected chi connectivity index (χ0v) is 29.1. The van der Waals surface area contributed by atoms with Gasteiger partial charge in [-0.1, -0.05) is 74.9 Å². The van der Waals surface area contributed by atoms with Gasteiger partial charge >= 0.3 is 6.09 Å². The number of carbonyl (C=O) groups excluding carboxylic acids is 2. The smallest absolute Gasteiger partial charge is 0.407 e. The molecule has 1 unspecified atom stereocenters. The van der Waals surface area contributed by atoms with Crippen LogP contribution >= 0.6 is 11.9 Å². The summed E-state index contributed by atoms with van der Waals surface area (Å²) in [5.74, 6) is -2.96. The molecule has 1 saturated heterocycles. The van der Waals surface area contributed by atoms with Crippen LogP contribution in [0.4, 0.5) is 13.6 Å². The maximum atomic E-state index is 16.4. The van der Waals surface area contributed by atoms with Crippen LogP contribution < -0.4 is 14.8 Å². The minimum absolute atomic E-state index is 0.221. The van der Waals surface area contributed by atoms with E-state index >= 15 is 8.78 Å². The van der Waals surface area contributed by atoms with Gasteiger partial charge in [0.2, 0.25) is 5.91 Å². The molecule has 10 heteroatoms. The molecule has 2 fully saturated rings. The van der Waals surface area contributed by atoms with Crippen molar-refractivity contribution >= 4 is 29.5 Å². The Hall–Kier alpha value is -3.63. The fourth-order valence-corrected chi connectivity index (χ4v) is 6.71. The first kappa shape index (κ1) is 37.2. The van der Waals surface area contributed by atoms with Crippen LogP contribution in [-0.2, 0) is 15.5 Å². The predicted molar refractivity (Wildman–Crippen MR) is 189 cm³/mol. The van der Waals surface area contributed by atoms with E-state index in [0.717, 1.165) is 23.3 Å². The first-order chi connectivity index (χ1) is 22.9. The van der Waals surface area contributed by atoms with Gasteiger partial charge in [-0.2, -0.15) is 8.78 Å². The van der Waals surface area contributed by atoms with E-state index in [-0.39, 0.29) is 24.7 Å². The second-order valence-corrected chi connectivity index (χ2v) is 14.4. The number of carbonyl (C=O) groups is 2. The Morgan fingerprint density at radius 2 is 1.62 bits per heavy atom.